The number of allylic oxidation sites excluding steroid dienone is 1. The van der Waals surface area contributed by atoms with Gasteiger partial charge in [-0.1, -0.05) is 48.9 Å². The number of Topliss-reactive ketones (excluding diaryl/α,β-unsaturated/α-hetero) is 2. The lowest BCUT2D eigenvalue weighted by atomic mass is 9.77. The summed E-state index contributed by atoms with van der Waals surface area (Å²) in [7, 11) is -1.23. The van der Waals surface area contributed by atoms with Crippen LogP contribution in [0.2, 0.25) is 5.02 Å². The molecule has 0 amide bonds. The molecule has 2 atom stereocenters. The van der Waals surface area contributed by atoms with Crippen molar-refractivity contribution < 1.29 is 32.2 Å². The predicted octanol–water partition coefficient (Wildman–Crippen LogP) is 3.78. The summed E-state index contributed by atoms with van der Waals surface area (Å²) in [6.45, 7) is 1.66. The van der Waals surface area contributed by atoms with E-state index in [1.165, 1.54) is 20.3 Å². The first kappa shape index (κ1) is 22.4. The number of benzene rings is 2. The van der Waals surface area contributed by atoms with Gasteiger partial charge in [-0.2, -0.15) is 0 Å². The summed E-state index contributed by atoms with van der Waals surface area (Å²) >= 11 is 6.40. The SMILES string of the molecule is COc1cc(OC)c2c(c1Cl)O[C@@]1(C=C(S(=O)(=O)Cc3ccccc3)C(=O)C[C@H]1C)C2=O. The van der Waals surface area contributed by atoms with E-state index in [9.17, 15) is 18.0 Å². The number of carbonyl (C=O) groups is 2. The van der Waals surface area contributed by atoms with Gasteiger partial charge in [0.05, 0.1) is 20.0 Å². The third-order valence-corrected chi connectivity index (χ3v) is 7.91. The first-order chi connectivity index (χ1) is 15.1. The zero-order valence-corrected chi connectivity index (χ0v) is 19.2. The average Bonchev–Trinajstić information content (AvgIpc) is 3.05. The van der Waals surface area contributed by atoms with Crippen LogP contribution in [0.4, 0.5) is 0 Å². The van der Waals surface area contributed by atoms with Gasteiger partial charge in [-0.25, -0.2) is 8.42 Å². The smallest absolute Gasteiger partial charge is 0.218 e. The number of rotatable bonds is 5. The minimum Gasteiger partial charge on any atom is -0.496 e. The Balaban J connectivity index is 1.85. The van der Waals surface area contributed by atoms with E-state index in [0.29, 0.717) is 5.56 Å². The van der Waals surface area contributed by atoms with Crippen molar-refractivity contribution in [2.45, 2.75) is 24.7 Å². The van der Waals surface area contributed by atoms with Gasteiger partial charge in [-0.05, 0) is 11.6 Å². The fourth-order valence-corrected chi connectivity index (χ4v) is 5.96. The number of halogens is 1. The zero-order chi connectivity index (χ0) is 23.3. The molecular formula is C23H21ClO7S. The quantitative estimate of drug-likeness (QED) is 0.647. The van der Waals surface area contributed by atoms with Gasteiger partial charge in [0.15, 0.2) is 27.0 Å². The highest BCUT2D eigenvalue weighted by Crippen LogP contribution is 2.53. The van der Waals surface area contributed by atoms with Crippen LogP contribution < -0.4 is 14.2 Å². The van der Waals surface area contributed by atoms with Gasteiger partial charge < -0.3 is 14.2 Å². The maximum absolute atomic E-state index is 13.6. The molecule has 1 aliphatic carbocycles. The fourth-order valence-electron chi connectivity index (χ4n) is 4.12. The molecule has 2 aromatic carbocycles. The van der Waals surface area contributed by atoms with E-state index in [1.54, 1.807) is 37.3 Å². The number of methoxy groups -OCH3 is 2. The molecule has 4 rings (SSSR count). The van der Waals surface area contributed by atoms with Crippen LogP contribution in [0.25, 0.3) is 0 Å². The number of hydrogen-bond donors (Lipinski definition) is 0. The molecule has 7 nitrogen and oxygen atoms in total. The highest BCUT2D eigenvalue weighted by atomic mass is 35.5. The Morgan fingerprint density at radius 3 is 2.41 bits per heavy atom. The van der Waals surface area contributed by atoms with Crippen molar-refractivity contribution in [3.05, 3.63) is 63.5 Å². The molecule has 0 fully saturated rings. The molecule has 0 aromatic heterocycles. The van der Waals surface area contributed by atoms with Gasteiger partial charge >= 0.3 is 0 Å². The van der Waals surface area contributed by atoms with Crippen LogP contribution in [0.3, 0.4) is 0 Å². The molecule has 0 bridgehead atoms. The molecule has 0 N–H and O–H groups in total. The molecule has 0 unspecified atom stereocenters. The Morgan fingerprint density at radius 1 is 1.12 bits per heavy atom. The minimum absolute atomic E-state index is 0.0464. The van der Waals surface area contributed by atoms with Crippen LogP contribution >= 0.6 is 11.6 Å². The van der Waals surface area contributed by atoms with E-state index < -0.39 is 37.8 Å². The maximum Gasteiger partial charge on any atom is 0.218 e. The van der Waals surface area contributed by atoms with E-state index >= 15 is 0 Å². The average molecular weight is 477 g/mol. The van der Waals surface area contributed by atoms with Crippen LogP contribution in [0, 0.1) is 5.92 Å². The van der Waals surface area contributed by atoms with Gasteiger partial charge in [0, 0.05) is 18.4 Å². The molecule has 1 aliphatic heterocycles. The molecule has 2 aliphatic rings. The molecule has 0 saturated heterocycles. The second kappa shape index (κ2) is 7.94. The molecule has 0 radical (unpaired) electrons. The lowest BCUT2D eigenvalue weighted by Crippen LogP contribution is -2.49. The van der Waals surface area contributed by atoms with Crippen molar-refractivity contribution in [1.82, 2.24) is 0 Å². The van der Waals surface area contributed by atoms with Gasteiger partial charge in [-0.15, -0.1) is 0 Å². The summed E-state index contributed by atoms with van der Waals surface area (Å²) in [5.41, 5.74) is -1.07. The third kappa shape index (κ3) is 3.38. The van der Waals surface area contributed by atoms with E-state index in [4.69, 9.17) is 25.8 Å². The van der Waals surface area contributed by atoms with Crippen LogP contribution in [0.1, 0.15) is 29.3 Å². The van der Waals surface area contributed by atoms with Crippen molar-refractivity contribution >= 4 is 33.0 Å². The fraction of sp³-hybridized carbons (Fsp3) is 0.304. The van der Waals surface area contributed by atoms with Gasteiger partial charge in [0.25, 0.3) is 0 Å². The van der Waals surface area contributed by atoms with Crippen LogP contribution in [-0.2, 0) is 20.4 Å². The number of ketones is 2. The molecule has 9 heteroatoms. The Hall–Kier alpha value is -2.84. The number of carbonyl (C=O) groups excluding carboxylic acids is 2. The first-order valence-corrected chi connectivity index (χ1v) is 11.9. The molecular weight excluding hydrogens is 456 g/mol. The van der Waals surface area contributed by atoms with E-state index in [2.05, 4.69) is 0 Å². The minimum atomic E-state index is -4.03. The summed E-state index contributed by atoms with van der Waals surface area (Å²) in [6.07, 6.45) is 0.975. The Bertz CT molecular complexity index is 1250. The Morgan fingerprint density at radius 2 is 1.78 bits per heavy atom. The Labute approximate surface area is 190 Å². The molecule has 1 heterocycles. The van der Waals surface area contributed by atoms with E-state index in [-0.39, 0.29) is 40.0 Å². The summed E-state index contributed by atoms with van der Waals surface area (Å²) in [4.78, 5) is 25.9. The summed E-state index contributed by atoms with van der Waals surface area (Å²) in [5.74, 6) is -1.58. The molecule has 0 saturated carbocycles. The van der Waals surface area contributed by atoms with Crippen molar-refractivity contribution in [3.63, 3.8) is 0 Å². The molecule has 168 valence electrons. The lowest BCUT2D eigenvalue weighted by Gasteiger charge is -2.34. The highest BCUT2D eigenvalue weighted by molar-refractivity contribution is 7.95. The van der Waals surface area contributed by atoms with Crippen LogP contribution in [0.15, 0.2) is 47.4 Å². The summed E-state index contributed by atoms with van der Waals surface area (Å²) < 4.78 is 43.0. The first-order valence-electron chi connectivity index (χ1n) is 9.85. The topological polar surface area (TPSA) is 96.0 Å². The third-order valence-electron chi connectivity index (χ3n) is 5.82. The van der Waals surface area contributed by atoms with Crippen molar-refractivity contribution in [2.24, 2.45) is 5.92 Å². The second-order valence-electron chi connectivity index (χ2n) is 7.81. The highest BCUT2D eigenvalue weighted by Gasteiger charge is 2.56. The molecule has 1 spiro atoms. The van der Waals surface area contributed by atoms with Crippen LogP contribution in [-0.4, -0.2) is 39.8 Å². The molecule has 2 aromatic rings. The summed E-state index contributed by atoms with van der Waals surface area (Å²) in [5, 5.41) is 0.0692. The monoisotopic (exact) mass is 476 g/mol. The van der Waals surface area contributed by atoms with Gasteiger partial charge in [0.1, 0.15) is 27.0 Å². The maximum atomic E-state index is 13.6. The summed E-state index contributed by atoms with van der Waals surface area (Å²) in [6, 6.07) is 9.99. The van der Waals surface area contributed by atoms with E-state index in [0.717, 1.165) is 6.08 Å². The van der Waals surface area contributed by atoms with Crippen molar-refractivity contribution in [1.29, 1.82) is 0 Å². The number of fused-ring (bicyclic) bond motifs is 1. The standard InChI is InChI=1S/C23H21ClO7S/c1-13-9-15(25)18(32(27,28)12-14-7-5-4-6-8-14)11-23(13)22(26)19-16(29-2)10-17(30-3)20(24)21(19)31-23/h4-8,10-11,13H,9,12H2,1-3H3/t13-,23-/m1/s1. The van der Waals surface area contributed by atoms with Gasteiger partial charge in [-0.3, -0.25) is 9.59 Å². The number of sulfone groups is 1. The Kier molecular flexibility index (Phi) is 5.55. The number of hydrogen-bond acceptors (Lipinski definition) is 7. The van der Waals surface area contributed by atoms with Crippen molar-refractivity contribution in [2.75, 3.05) is 14.2 Å². The van der Waals surface area contributed by atoms with Crippen LogP contribution in [0.5, 0.6) is 17.2 Å². The zero-order valence-electron chi connectivity index (χ0n) is 17.7. The van der Waals surface area contributed by atoms with E-state index in [1.807, 2.05) is 0 Å². The largest absolute Gasteiger partial charge is 0.496 e. The number of ether oxygens (including phenoxy) is 3. The second-order valence-corrected chi connectivity index (χ2v) is 10.1. The lowest BCUT2D eigenvalue weighted by molar-refractivity contribution is -0.117. The normalized spacial score (nSPS) is 22.4. The molecule has 32 heavy (non-hydrogen) atoms. The van der Waals surface area contributed by atoms with Crippen molar-refractivity contribution in [3.8, 4) is 17.2 Å². The van der Waals surface area contributed by atoms with Gasteiger partial charge in [0.2, 0.25) is 5.78 Å². The predicted molar refractivity (Wildman–Crippen MR) is 118 cm³/mol.